The highest BCUT2D eigenvalue weighted by Gasteiger charge is 2.84. The van der Waals surface area contributed by atoms with E-state index in [1.165, 1.54) is 11.1 Å². The number of carbonyl (C=O) groups is 3. The van der Waals surface area contributed by atoms with E-state index >= 15 is 4.79 Å². The number of ketones is 1. The van der Waals surface area contributed by atoms with Crippen LogP contribution < -0.4 is 5.48 Å². The van der Waals surface area contributed by atoms with Gasteiger partial charge in [-0.05, 0) is 112 Å². The molecule has 3 saturated carbocycles. The van der Waals surface area contributed by atoms with E-state index in [2.05, 4.69) is 60.3 Å². The number of amides is 2. The summed E-state index contributed by atoms with van der Waals surface area (Å²) in [6.07, 6.45) is 8.43. The summed E-state index contributed by atoms with van der Waals surface area (Å²) in [5, 5.41) is 10.0. The average molecular weight is 676 g/mol. The number of rotatable bonds is 6. The first-order valence-electron chi connectivity index (χ1n) is 18.7. The molecule has 266 valence electrons. The number of nitrogens with zero attached hydrogens (tertiary/aromatic N) is 4. The summed E-state index contributed by atoms with van der Waals surface area (Å²) >= 11 is 0. The predicted octanol–water partition coefficient (Wildman–Crippen LogP) is 5.29. The van der Waals surface area contributed by atoms with Crippen molar-refractivity contribution >= 4 is 28.8 Å². The number of hydroxylamine groups is 1. The highest BCUT2D eigenvalue weighted by Crippen LogP contribution is 2.79. The number of carbonyl (C=O) groups excluding carboxylic acids is 3. The predicted molar refractivity (Wildman–Crippen MR) is 182 cm³/mol. The molecule has 11 heteroatoms. The van der Waals surface area contributed by atoms with E-state index in [-0.39, 0.29) is 23.2 Å². The highest BCUT2D eigenvalue weighted by atomic mass is 16.6. The van der Waals surface area contributed by atoms with Crippen molar-refractivity contribution in [2.24, 2.45) is 28.1 Å². The number of benzene rings is 1. The van der Waals surface area contributed by atoms with E-state index in [4.69, 9.17) is 9.47 Å². The van der Waals surface area contributed by atoms with Crippen molar-refractivity contribution in [1.29, 1.82) is 0 Å². The molecule has 2 aromatic rings. The topological polar surface area (TPSA) is 126 Å². The largest absolute Gasteiger partial charge is 0.446 e. The molecule has 4 heterocycles. The Morgan fingerprint density at radius 1 is 1.06 bits per heavy atom. The summed E-state index contributed by atoms with van der Waals surface area (Å²) in [7, 11) is 0. The molecule has 1 spiro atoms. The van der Waals surface area contributed by atoms with Gasteiger partial charge >= 0.3 is 6.09 Å². The molecule has 6 aliphatic rings. The summed E-state index contributed by atoms with van der Waals surface area (Å²) < 4.78 is 13.8. The molecule has 0 radical (unpaired) electrons. The minimum Gasteiger partial charge on any atom is -0.446 e. The monoisotopic (exact) mass is 675 g/mol. The van der Waals surface area contributed by atoms with Crippen LogP contribution in [0, 0.1) is 28.1 Å². The molecule has 3 aliphatic carbocycles. The first-order valence-corrected chi connectivity index (χ1v) is 18.7. The van der Waals surface area contributed by atoms with E-state index in [0.29, 0.717) is 44.9 Å². The number of likely N-dealkylation sites (tertiary alicyclic amines) is 2. The normalized spacial score (nSPS) is 34.5. The van der Waals surface area contributed by atoms with Crippen molar-refractivity contribution in [3.8, 4) is 0 Å². The molecule has 11 nitrogen and oxygen atoms in total. The van der Waals surface area contributed by atoms with Gasteiger partial charge in [-0.15, -0.1) is 0 Å². The Morgan fingerprint density at radius 3 is 2.47 bits per heavy atom. The maximum Gasteiger partial charge on any atom is 0.410 e. The molecule has 3 saturated heterocycles. The van der Waals surface area contributed by atoms with Gasteiger partial charge in [0.15, 0.2) is 5.78 Å². The van der Waals surface area contributed by atoms with Crippen LogP contribution in [0.25, 0.3) is 11.0 Å². The zero-order valence-electron chi connectivity index (χ0n) is 29.6. The summed E-state index contributed by atoms with van der Waals surface area (Å²) in [6, 6.07) is 5.95. The zero-order valence-corrected chi connectivity index (χ0v) is 29.6. The second-order valence-electron chi connectivity index (χ2n) is 16.9. The molecule has 0 bridgehead atoms. The Labute approximate surface area is 289 Å². The van der Waals surface area contributed by atoms with Gasteiger partial charge in [0.2, 0.25) is 5.91 Å². The Kier molecular flexibility index (Phi) is 7.96. The van der Waals surface area contributed by atoms with Gasteiger partial charge in [-0.3, -0.25) is 19.7 Å². The van der Waals surface area contributed by atoms with Crippen molar-refractivity contribution in [2.45, 2.75) is 116 Å². The first-order chi connectivity index (χ1) is 23.5. The smallest absolute Gasteiger partial charge is 0.410 e. The molecule has 2 N–H and O–H groups in total. The molecule has 1 aromatic heterocycles. The number of imidazole rings is 1. The SMILES string of the molecule is CCn1cnc2ccc(C3CCN(C4(C)CCC5C(C)(C)C5([C@@H]5[C@@H](C(=O)NO)CC6(CC6)CN5C(=O)OC5CCOCC5)C4=O)CC3)cc21. The minimum atomic E-state index is -0.914. The van der Waals surface area contributed by atoms with Crippen molar-refractivity contribution in [1.82, 2.24) is 24.8 Å². The minimum absolute atomic E-state index is 0.0406. The van der Waals surface area contributed by atoms with Crippen LogP contribution in [0.1, 0.15) is 97.0 Å². The fraction of sp³-hybridized carbons (Fsp3) is 0.737. The molecule has 6 fully saturated rings. The molecule has 1 aromatic carbocycles. The van der Waals surface area contributed by atoms with Crippen molar-refractivity contribution in [3.05, 3.63) is 30.1 Å². The van der Waals surface area contributed by atoms with Gasteiger partial charge < -0.3 is 18.9 Å². The maximum absolute atomic E-state index is 15.5. The number of aryl methyl sites for hydroxylation is 1. The van der Waals surface area contributed by atoms with E-state index in [0.717, 1.165) is 63.7 Å². The van der Waals surface area contributed by atoms with Crippen molar-refractivity contribution < 1.29 is 29.1 Å². The third-order valence-corrected chi connectivity index (χ3v) is 14.3. The highest BCUT2D eigenvalue weighted by molar-refractivity contribution is 6.00. The van der Waals surface area contributed by atoms with Crippen LogP contribution in [0.3, 0.4) is 0 Å². The van der Waals surface area contributed by atoms with Crippen molar-refractivity contribution in [2.75, 3.05) is 32.8 Å². The lowest BCUT2D eigenvalue weighted by atomic mass is 9.63. The molecule has 2 amide bonds. The summed E-state index contributed by atoms with van der Waals surface area (Å²) in [5.41, 5.74) is 3.25. The standard InChI is InChI=1S/C38H53N5O6/c1-5-41-23-39-28-7-6-25(20-29(28)41)24-9-16-42(17-10-24)36(4)13-8-30-35(2,3)38(30,33(36)45)31-27(32(44)40-47)21-37(14-15-37)22-43(31)34(46)49-26-11-18-48-19-12-26/h6-7,20,23-24,26-27,30-31,47H,5,8-19,21-22H2,1-4H3,(H,40,44)/t27-,30?,31-,36?,38?/m0/s1. The fourth-order valence-electron chi connectivity index (χ4n) is 11.2. The second-order valence-corrected chi connectivity index (χ2v) is 16.9. The van der Waals surface area contributed by atoms with Crippen LogP contribution >= 0.6 is 0 Å². The number of aromatic nitrogens is 2. The Bertz CT molecular complexity index is 1640. The number of Topliss-reactive ketones (excluding diaryl/α,β-unsaturated/α-hetero) is 1. The van der Waals surface area contributed by atoms with Gasteiger partial charge in [-0.1, -0.05) is 19.9 Å². The van der Waals surface area contributed by atoms with Crippen LogP contribution in [-0.2, 0) is 25.6 Å². The molecule has 8 rings (SSSR count). The number of hydrogen-bond donors (Lipinski definition) is 2. The van der Waals surface area contributed by atoms with Crippen LogP contribution in [0.4, 0.5) is 4.79 Å². The quantitative estimate of drug-likeness (QED) is 0.313. The summed E-state index contributed by atoms with van der Waals surface area (Å²) in [5.74, 6) is -0.596. The van der Waals surface area contributed by atoms with E-state index in [1.807, 2.05) is 11.8 Å². The lowest BCUT2D eigenvalue weighted by Crippen LogP contribution is -2.67. The van der Waals surface area contributed by atoms with E-state index in [9.17, 15) is 14.8 Å². The number of fused-ring (bicyclic) bond motifs is 2. The van der Waals surface area contributed by atoms with Gasteiger partial charge in [-0.2, -0.15) is 0 Å². The molecule has 3 aliphatic heterocycles. The van der Waals surface area contributed by atoms with Gasteiger partial charge in [0.05, 0.1) is 53.5 Å². The van der Waals surface area contributed by atoms with E-state index < -0.39 is 40.3 Å². The summed E-state index contributed by atoms with van der Waals surface area (Å²) in [4.78, 5) is 52.1. The van der Waals surface area contributed by atoms with E-state index in [1.54, 1.807) is 4.90 Å². The van der Waals surface area contributed by atoms with Gasteiger partial charge in [0, 0.05) is 25.9 Å². The Morgan fingerprint density at radius 2 is 1.80 bits per heavy atom. The molecule has 49 heavy (non-hydrogen) atoms. The van der Waals surface area contributed by atoms with Gasteiger partial charge in [0.1, 0.15) is 6.10 Å². The van der Waals surface area contributed by atoms with Gasteiger partial charge in [-0.25, -0.2) is 15.3 Å². The molecule has 5 atom stereocenters. The summed E-state index contributed by atoms with van der Waals surface area (Å²) in [6.45, 7) is 12.6. The van der Waals surface area contributed by atoms with Crippen LogP contribution in [-0.4, -0.2) is 92.9 Å². The van der Waals surface area contributed by atoms with Crippen molar-refractivity contribution in [3.63, 3.8) is 0 Å². The molecular weight excluding hydrogens is 622 g/mol. The molecule has 3 unspecified atom stereocenters. The lowest BCUT2D eigenvalue weighted by Gasteiger charge is -2.53. The lowest BCUT2D eigenvalue weighted by molar-refractivity contribution is -0.153. The average Bonchev–Trinajstić information content (AvgIpc) is 3.91. The number of piperidine rings is 2. The van der Waals surface area contributed by atoms with Crippen LogP contribution in [0.2, 0.25) is 0 Å². The fourth-order valence-corrected chi connectivity index (χ4v) is 11.2. The number of hydrogen-bond acceptors (Lipinski definition) is 8. The number of ether oxygens (including phenoxy) is 2. The zero-order chi connectivity index (χ0) is 34.3. The Balaban J connectivity index is 1.09. The number of nitrogens with one attached hydrogen (secondary N) is 1. The molecular formula is C38H53N5O6. The maximum atomic E-state index is 15.5. The first kappa shape index (κ1) is 33.1. The third-order valence-electron chi connectivity index (χ3n) is 14.3. The Hall–Kier alpha value is -3.02. The van der Waals surface area contributed by atoms with Crippen LogP contribution in [0.5, 0.6) is 0 Å². The van der Waals surface area contributed by atoms with Crippen LogP contribution in [0.15, 0.2) is 24.5 Å². The van der Waals surface area contributed by atoms with Gasteiger partial charge in [0.25, 0.3) is 0 Å². The third kappa shape index (κ3) is 4.99. The second kappa shape index (κ2) is 11.8.